The highest BCUT2D eigenvalue weighted by atomic mass is 32.2. The van der Waals surface area contributed by atoms with E-state index in [1.165, 1.54) is 11.8 Å². The quantitative estimate of drug-likeness (QED) is 0.517. The first-order valence-corrected chi connectivity index (χ1v) is 11.2. The van der Waals surface area contributed by atoms with E-state index in [0.29, 0.717) is 23.1 Å². The highest BCUT2D eigenvalue weighted by Crippen LogP contribution is 2.22. The molecule has 3 rings (SSSR count). The van der Waals surface area contributed by atoms with Crippen molar-refractivity contribution in [2.24, 2.45) is 0 Å². The minimum Gasteiger partial charge on any atom is -0.342 e. The first-order valence-electron chi connectivity index (χ1n) is 10.2. The molecule has 0 saturated heterocycles. The molecule has 8 heteroatoms. The summed E-state index contributed by atoms with van der Waals surface area (Å²) in [6, 6.07) is 14.7. The number of benzene rings is 2. The SMILES string of the molecule is CCn1c(SCC(=O)Nc2ccc(C)cc2C)nnc1[C@H](C)NC(=O)c1ccccc1. The van der Waals surface area contributed by atoms with Gasteiger partial charge >= 0.3 is 0 Å². The molecule has 0 saturated carbocycles. The Balaban J connectivity index is 1.62. The van der Waals surface area contributed by atoms with Gasteiger partial charge in [0.15, 0.2) is 11.0 Å². The number of anilines is 1. The molecule has 1 aromatic heterocycles. The number of amides is 2. The van der Waals surface area contributed by atoms with Crippen molar-refractivity contribution in [1.82, 2.24) is 20.1 Å². The number of carbonyl (C=O) groups excluding carboxylic acids is 2. The first kappa shape index (κ1) is 22.6. The minimum absolute atomic E-state index is 0.102. The highest BCUT2D eigenvalue weighted by molar-refractivity contribution is 7.99. The zero-order chi connectivity index (χ0) is 22.4. The van der Waals surface area contributed by atoms with E-state index in [-0.39, 0.29) is 23.6 Å². The van der Waals surface area contributed by atoms with E-state index in [1.807, 2.05) is 68.7 Å². The normalized spacial score (nSPS) is 11.7. The van der Waals surface area contributed by atoms with Gasteiger partial charge in [-0.05, 0) is 51.5 Å². The fraction of sp³-hybridized carbons (Fsp3) is 0.304. The van der Waals surface area contributed by atoms with Crippen LogP contribution in [0.2, 0.25) is 0 Å². The molecule has 162 valence electrons. The summed E-state index contributed by atoms with van der Waals surface area (Å²) < 4.78 is 1.92. The molecule has 7 nitrogen and oxygen atoms in total. The Morgan fingerprint density at radius 3 is 2.52 bits per heavy atom. The van der Waals surface area contributed by atoms with Gasteiger partial charge in [-0.2, -0.15) is 0 Å². The molecule has 0 fully saturated rings. The van der Waals surface area contributed by atoms with Gasteiger partial charge in [0.05, 0.1) is 11.8 Å². The van der Waals surface area contributed by atoms with E-state index in [1.54, 1.807) is 12.1 Å². The van der Waals surface area contributed by atoms with E-state index >= 15 is 0 Å². The summed E-state index contributed by atoms with van der Waals surface area (Å²) in [5.41, 5.74) is 3.59. The summed E-state index contributed by atoms with van der Waals surface area (Å²) in [6.45, 7) is 8.49. The molecule has 2 amide bonds. The molecule has 0 aliphatic heterocycles. The van der Waals surface area contributed by atoms with Gasteiger partial charge in [-0.15, -0.1) is 10.2 Å². The number of hydrogen-bond acceptors (Lipinski definition) is 5. The lowest BCUT2D eigenvalue weighted by atomic mass is 10.1. The van der Waals surface area contributed by atoms with Crippen LogP contribution in [0.4, 0.5) is 5.69 Å². The second kappa shape index (κ2) is 10.3. The number of thioether (sulfide) groups is 1. The number of aromatic nitrogens is 3. The maximum Gasteiger partial charge on any atom is 0.251 e. The molecule has 0 unspecified atom stereocenters. The lowest BCUT2D eigenvalue weighted by molar-refractivity contribution is -0.113. The third-order valence-corrected chi connectivity index (χ3v) is 5.79. The average molecular weight is 438 g/mol. The van der Waals surface area contributed by atoms with Crippen molar-refractivity contribution in [3.05, 3.63) is 71.0 Å². The van der Waals surface area contributed by atoms with Gasteiger partial charge in [0.1, 0.15) is 0 Å². The van der Waals surface area contributed by atoms with Gasteiger partial charge in [-0.3, -0.25) is 9.59 Å². The first-order chi connectivity index (χ1) is 14.9. The van der Waals surface area contributed by atoms with Crippen LogP contribution < -0.4 is 10.6 Å². The Bertz CT molecular complexity index is 1070. The summed E-state index contributed by atoms with van der Waals surface area (Å²) in [5.74, 6) is 0.607. The lowest BCUT2D eigenvalue weighted by Crippen LogP contribution is -2.28. The van der Waals surface area contributed by atoms with E-state index in [0.717, 1.165) is 16.8 Å². The molecular formula is C23H27N5O2S. The van der Waals surface area contributed by atoms with Crippen LogP contribution in [0.25, 0.3) is 0 Å². The largest absolute Gasteiger partial charge is 0.342 e. The van der Waals surface area contributed by atoms with E-state index in [9.17, 15) is 9.59 Å². The molecular weight excluding hydrogens is 410 g/mol. The maximum atomic E-state index is 12.4. The van der Waals surface area contributed by atoms with Crippen LogP contribution in [0, 0.1) is 13.8 Å². The zero-order valence-electron chi connectivity index (χ0n) is 18.2. The van der Waals surface area contributed by atoms with Crippen molar-refractivity contribution >= 4 is 29.3 Å². The van der Waals surface area contributed by atoms with Crippen LogP contribution in [-0.4, -0.2) is 32.3 Å². The zero-order valence-corrected chi connectivity index (χ0v) is 19.0. The Morgan fingerprint density at radius 2 is 1.84 bits per heavy atom. The van der Waals surface area contributed by atoms with Crippen LogP contribution in [0.15, 0.2) is 53.7 Å². The van der Waals surface area contributed by atoms with E-state index < -0.39 is 0 Å². The predicted octanol–water partition coefficient (Wildman–Crippen LogP) is 4.14. The second-order valence-electron chi connectivity index (χ2n) is 7.30. The average Bonchev–Trinajstić information content (AvgIpc) is 3.18. The third-order valence-electron chi connectivity index (χ3n) is 4.82. The second-order valence-corrected chi connectivity index (χ2v) is 8.24. The van der Waals surface area contributed by atoms with Gasteiger partial charge in [0.2, 0.25) is 5.91 Å². The lowest BCUT2D eigenvalue weighted by Gasteiger charge is -2.15. The van der Waals surface area contributed by atoms with Gasteiger partial charge in [0.25, 0.3) is 5.91 Å². The standard InChI is InChI=1S/C23H27N5O2S/c1-5-28-21(17(4)24-22(30)18-9-7-6-8-10-18)26-27-23(28)31-14-20(29)25-19-12-11-15(2)13-16(19)3/h6-13,17H,5,14H2,1-4H3,(H,24,30)(H,25,29)/t17-/m0/s1. The smallest absolute Gasteiger partial charge is 0.251 e. The fourth-order valence-electron chi connectivity index (χ4n) is 3.23. The third kappa shape index (κ3) is 5.73. The summed E-state index contributed by atoms with van der Waals surface area (Å²) >= 11 is 1.33. The number of hydrogen-bond donors (Lipinski definition) is 2. The van der Waals surface area contributed by atoms with Crippen molar-refractivity contribution in [2.45, 2.75) is 45.4 Å². The van der Waals surface area contributed by atoms with Gasteiger partial charge in [-0.1, -0.05) is 47.7 Å². The number of carbonyl (C=O) groups is 2. The molecule has 0 spiro atoms. The van der Waals surface area contributed by atoms with Crippen molar-refractivity contribution in [3.8, 4) is 0 Å². The molecule has 1 atom stereocenters. The van der Waals surface area contributed by atoms with Gasteiger partial charge < -0.3 is 15.2 Å². The Morgan fingerprint density at radius 1 is 1.10 bits per heavy atom. The fourth-order valence-corrected chi connectivity index (χ4v) is 4.04. The molecule has 31 heavy (non-hydrogen) atoms. The number of nitrogens with one attached hydrogen (secondary N) is 2. The van der Waals surface area contributed by atoms with Gasteiger partial charge in [0, 0.05) is 17.8 Å². The van der Waals surface area contributed by atoms with Crippen molar-refractivity contribution in [1.29, 1.82) is 0 Å². The monoisotopic (exact) mass is 437 g/mol. The van der Waals surface area contributed by atoms with Crippen LogP contribution in [-0.2, 0) is 11.3 Å². The summed E-state index contributed by atoms with van der Waals surface area (Å²) in [5, 5.41) is 15.1. The van der Waals surface area contributed by atoms with Crippen LogP contribution >= 0.6 is 11.8 Å². The molecule has 0 aliphatic carbocycles. The van der Waals surface area contributed by atoms with E-state index in [2.05, 4.69) is 20.8 Å². The topological polar surface area (TPSA) is 88.9 Å². The van der Waals surface area contributed by atoms with Gasteiger partial charge in [-0.25, -0.2) is 0 Å². The van der Waals surface area contributed by atoms with Crippen LogP contribution in [0.5, 0.6) is 0 Å². The molecule has 3 aromatic rings. The van der Waals surface area contributed by atoms with Crippen LogP contribution in [0.1, 0.15) is 47.2 Å². The maximum absolute atomic E-state index is 12.4. The molecule has 0 aliphatic rings. The molecule has 0 radical (unpaired) electrons. The Hall–Kier alpha value is -3.13. The number of aryl methyl sites for hydroxylation is 2. The Labute approximate surface area is 186 Å². The molecule has 2 aromatic carbocycles. The molecule has 1 heterocycles. The van der Waals surface area contributed by atoms with Crippen molar-refractivity contribution in [2.75, 3.05) is 11.1 Å². The number of rotatable bonds is 8. The van der Waals surface area contributed by atoms with Crippen molar-refractivity contribution < 1.29 is 9.59 Å². The summed E-state index contributed by atoms with van der Waals surface area (Å²) in [4.78, 5) is 24.9. The minimum atomic E-state index is -0.321. The molecule has 2 N–H and O–H groups in total. The van der Waals surface area contributed by atoms with E-state index in [4.69, 9.17) is 0 Å². The molecule has 0 bridgehead atoms. The Kier molecular flexibility index (Phi) is 7.46. The predicted molar refractivity (Wildman–Crippen MR) is 123 cm³/mol. The summed E-state index contributed by atoms with van der Waals surface area (Å²) in [7, 11) is 0. The number of nitrogens with zero attached hydrogens (tertiary/aromatic N) is 3. The van der Waals surface area contributed by atoms with Crippen molar-refractivity contribution in [3.63, 3.8) is 0 Å². The summed E-state index contributed by atoms with van der Waals surface area (Å²) in [6.07, 6.45) is 0. The highest BCUT2D eigenvalue weighted by Gasteiger charge is 2.20. The van der Waals surface area contributed by atoms with Crippen LogP contribution in [0.3, 0.4) is 0 Å².